The van der Waals surface area contributed by atoms with Gasteiger partial charge in [0.1, 0.15) is 5.78 Å². The number of hydrogen-bond donors (Lipinski definition) is 0. The molecule has 0 aromatic rings. The molecule has 0 aromatic heterocycles. The van der Waals surface area contributed by atoms with Crippen molar-refractivity contribution in [1.29, 1.82) is 0 Å². The van der Waals surface area contributed by atoms with Crippen molar-refractivity contribution in [2.75, 3.05) is 20.1 Å². The highest BCUT2D eigenvalue weighted by molar-refractivity contribution is 5.80. The largest absolute Gasteiger partial charge is 0.306 e. The zero-order chi connectivity index (χ0) is 10.3. The van der Waals surface area contributed by atoms with E-state index >= 15 is 0 Å². The first kappa shape index (κ1) is 12.6. The smallest absolute Gasteiger partial charge is 0.135 e. The van der Waals surface area contributed by atoms with Gasteiger partial charge in [0, 0.05) is 12.3 Å². The van der Waals surface area contributed by atoms with E-state index in [0.29, 0.717) is 5.78 Å². The topological polar surface area (TPSA) is 20.3 Å². The first-order valence-electron chi connectivity index (χ1n) is 5.29. The average Bonchev–Trinajstić information content (AvgIpc) is 2.04. The van der Waals surface area contributed by atoms with Crippen LogP contribution in [0.5, 0.6) is 0 Å². The van der Waals surface area contributed by atoms with Gasteiger partial charge in [-0.15, -0.1) is 0 Å². The highest BCUT2D eigenvalue weighted by Gasteiger charge is 2.06. The molecule has 2 heteroatoms. The SMILES string of the molecule is CCCN(C)CCCC(=O)C(C)C. The lowest BCUT2D eigenvalue weighted by molar-refractivity contribution is -0.122. The van der Waals surface area contributed by atoms with E-state index in [-0.39, 0.29) is 5.92 Å². The Balaban J connectivity index is 3.39. The zero-order valence-corrected chi connectivity index (χ0v) is 9.47. The van der Waals surface area contributed by atoms with Gasteiger partial charge in [-0.05, 0) is 33.0 Å². The predicted octanol–water partition coefficient (Wildman–Crippen LogP) is 2.33. The van der Waals surface area contributed by atoms with Gasteiger partial charge in [-0.3, -0.25) is 4.79 Å². The Morgan fingerprint density at radius 1 is 1.31 bits per heavy atom. The summed E-state index contributed by atoms with van der Waals surface area (Å²) in [6.07, 6.45) is 2.94. The Bertz CT molecular complexity index is 143. The summed E-state index contributed by atoms with van der Waals surface area (Å²) in [4.78, 5) is 13.5. The fourth-order valence-corrected chi connectivity index (χ4v) is 1.31. The molecular weight excluding hydrogens is 162 g/mol. The van der Waals surface area contributed by atoms with E-state index < -0.39 is 0 Å². The molecule has 2 nitrogen and oxygen atoms in total. The molecule has 0 spiro atoms. The van der Waals surface area contributed by atoms with Crippen LogP contribution in [0.2, 0.25) is 0 Å². The number of nitrogens with zero attached hydrogens (tertiary/aromatic N) is 1. The van der Waals surface area contributed by atoms with Crippen molar-refractivity contribution in [3.8, 4) is 0 Å². The van der Waals surface area contributed by atoms with Gasteiger partial charge in [-0.25, -0.2) is 0 Å². The van der Waals surface area contributed by atoms with E-state index in [1.54, 1.807) is 0 Å². The third kappa shape index (κ3) is 6.76. The van der Waals surface area contributed by atoms with Gasteiger partial charge in [-0.2, -0.15) is 0 Å². The summed E-state index contributed by atoms with van der Waals surface area (Å²) in [5, 5.41) is 0. The molecule has 0 N–H and O–H groups in total. The Labute approximate surface area is 82.3 Å². The maximum atomic E-state index is 11.3. The molecule has 0 unspecified atom stereocenters. The third-order valence-corrected chi connectivity index (χ3v) is 2.21. The number of ketones is 1. The van der Waals surface area contributed by atoms with Crippen LogP contribution >= 0.6 is 0 Å². The molecule has 0 bridgehead atoms. The lowest BCUT2D eigenvalue weighted by Gasteiger charge is -2.14. The van der Waals surface area contributed by atoms with E-state index in [9.17, 15) is 4.79 Å². The van der Waals surface area contributed by atoms with Crippen LogP contribution in [0.3, 0.4) is 0 Å². The van der Waals surface area contributed by atoms with Crippen molar-refractivity contribution in [3.05, 3.63) is 0 Å². The Morgan fingerprint density at radius 2 is 1.92 bits per heavy atom. The lowest BCUT2D eigenvalue weighted by atomic mass is 10.0. The normalized spacial score (nSPS) is 11.2. The zero-order valence-electron chi connectivity index (χ0n) is 9.47. The number of hydrogen-bond acceptors (Lipinski definition) is 2. The quantitative estimate of drug-likeness (QED) is 0.606. The summed E-state index contributed by atoms with van der Waals surface area (Å²) in [6, 6.07) is 0. The molecule has 0 rings (SSSR count). The van der Waals surface area contributed by atoms with Crippen LogP contribution in [0.15, 0.2) is 0 Å². The summed E-state index contributed by atoms with van der Waals surface area (Å²) >= 11 is 0. The molecule has 0 aliphatic carbocycles. The predicted molar refractivity (Wildman–Crippen MR) is 56.9 cm³/mol. The highest BCUT2D eigenvalue weighted by Crippen LogP contribution is 2.02. The highest BCUT2D eigenvalue weighted by atomic mass is 16.1. The second-order valence-electron chi connectivity index (χ2n) is 4.03. The molecule has 0 saturated carbocycles. The molecule has 0 amide bonds. The van der Waals surface area contributed by atoms with E-state index in [1.165, 1.54) is 6.42 Å². The van der Waals surface area contributed by atoms with E-state index in [1.807, 2.05) is 13.8 Å². The van der Waals surface area contributed by atoms with Crippen molar-refractivity contribution in [2.45, 2.75) is 40.0 Å². The van der Waals surface area contributed by atoms with Crippen molar-refractivity contribution in [3.63, 3.8) is 0 Å². The fourth-order valence-electron chi connectivity index (χ4n) is 1.31. The van der Waals surface area contributed by atoms with E-state index in [2.05, 4.69) is 18.9 Å². The maximum absolute atomic E-state index is 11.3. The molecule has 0 fully saturated rings. The van der Waals surface area contributed by atoms with Crippen LogP contribution in [0.25, 0.3) is 0 Å². The van der Waals surface area contributed by atoms with E-state index in [0.717, 1.165) is 25.9 Å². The molecular formula is C11H23NO. The van der Waals surface area contributed by atoms with Crippen molar-refractivity contribution in [1.82, 2.24) is 4.90 Å². The van der Waals surface area contributed by atoms with Crippen molar-refractivity contribution in [2.24, 2.45) is 5.92 Å². The standard InChI is InChI=1S/C11H23NO/c1-5-8-12(4)9-6-7-11(13)10(2)3/h10H,5-9H2,1-4H3. The van der Waals surface area contributed by atoms with Crippen LogP contribution in [0.1, 0.15) is 40.0 Å². The first-order chi connectivity index (χ1) is 6.07. The summed E-state index contributed by atoms with van der Waals surface area (Å²) in [7, 11) is 2.11. The summed E-state index contributed by atoms with van der Waals surface area (Å²) < 4.78 is 0. The van der Waals surface area contributed by atoms with Gasteiger partial charge in [0.05, 0.1) is 0 Å². The number of carbonyl (C=O) groups excluding carboxylic acids is 1. The minimum atomic E-state index is 0.205. The monoisotopic (exact) mass is 185 g/mol. The second-order valence-corrected chi connectivity index (χ2v) is 4.03. The van der Waals surface area contributed by atoms with Crippen LogP contribution in [-0.2, 0) is 4.79 Å². The van der Waals surface area contributed by atoms with Gasteiger partial charge in [0.2, 0.25) is 0 Å². The van der Waals surface area contributed by atoms with Crippen LogP contribution in [-0.4, -0.2) is 30.8 Å². The second kappa shape index (κ2) is 7.07. The maximum Gasteiger partial charge on any atom is 0.135 e. The number of Topliss-reactive ketones (excluding diaryl/α,β-unsaturated/α-hetero) is 1. The molecule has 0 radical (unpaired) electrons. The molecule has 0 aliphatic heterocycles. The van der Waals surface area contributed by atoms with Crippen LogP contribution in [0.4, 0.5) is 0 Å². The van der Waals surface area contributed by atoms with Crippen LogP contribution in [0, 0.1) is 5.92 Å². The molecule has 0 heterocycles. The Kier molecular flexibility index (Phi) is 6.87. The summed E-state index contributed by atoms with van der Waals surface area (Å²) in [5.74, 6) is 0.598. The molecule has 78 valence electrons. The average molecular weight is 185 g/mol. The third-order valence-electron chi connectivity index (χ3n) is 2.21. The Hall–Kier alpha value is -0.370. The summed E-state index contributed by atoms with van der Waals surface area (Å²) in [6.45, 7) is 8.30. The van der Waals surface area contributed by atoms with Crippen molar-refractivity contribution < 1.29 is 4.79 Å². The first-order valence-corrected chi connectivity index (χ1v) is 5.29. The minimum absolute atomic E-state index is 0.205. The molecule has 0 aromatic carbocycles. The fraction of sp³-hybridized carbons (Fsp3) is 0.909. The Morgan fingerprint density at radius 3 is 2.38 bits per heavy atom. The van der Waals surface area contributed by atoms with Gasteiger partial charge in [-0.1, -0.05) is 20.8 Å². The number of rotatable bonds is 7. The van der Waals surface area contributed by atoms with Crippen LogP contribution < -0.4 is 0 Å². The van der Waals surface area contributed by atoms with Crippen molar-refractivity contribution >= 4 is 5.78 Å². The van der Waals surface area contributed by atoms with Gasteiger partial charge >= 0.3 is 0 Å². The van der Waals surface area contributed by atoms with Gasteiger partial charge < -0.3 is 4.90 Å². The number of carbonyl (C=O) groups is 1. The molecule has 0 aliphatic rings. The lowest BCUT2D eigenvalue weighted by Crippen LogP contribution is -2.21. The minimum Gasteiger partial charge on any atom is -0.306 e. The van der Waals surface area contributed by atoms with Gasteiger partial charge in [0.25, 0.3) is 0 Å². The molecule has 13 heavy (non-hydrogen) atoms. The molecule has 0 saturated heterocycles. The molecule has 0 atom stereocenters. The van der Waals surface area contributed by atoms with Gasteiger partial charge in [0.15, 0.2) is 0 Å². The van der Waals surface area contributed by atoms with E-state index in [4.69, 9.17) is 0 Å². The summed E-state index contributed by atoms with van der Waals surface area (Å²) in [5.41, 5.74) is 0.